The van der Waals surface area contributed by atoms with E-state index in [9.17, 15) is 9.90 Å². The first-order chi connectivity index (χ1) is 9.60. The SMILES string of the molecule is CSC1CCCC1NC(=O)[C@@H](N)Cc1ccc(O)cc1. The molecule has 0 aromatic heterocycles. The maximum Gasteiger partial charge on any atom is 0.237 e. The van der Waals surface area contributed by atoms with Crippen molar-refractivity contribution >= 4 is 17.7 Å². The van der Waals surface area contributed by atoms with E-state index >= 15 is 0 Å². The maximum atomic E-state index is 12.1. The lowest BCUT2D eigenvalue weighted by molar-refractivity contribution is -0.123. The van der Waals surface area contributed by atoms with Crippen LogP contribution in [0.4, 0.5) is 0 Å². The molecule has 2 rings (SSSR count). The molecule has 5 heteroatoms. The number of nitrogens with one attached hydrogen (secondary N) is 1. The topological polar surface area (TPSA) is 75.4 Å². The molecule has 1 fully saturated rings. The number of hydrogen-bond donors (Lipinski definition) is 3. The predicted molar refractivity (Wildman–Crippen MR) is 82.9 cm³/mol. The largest absolute Gasteiger partial charge is 0.508 e. The van der Waals surface area contributed by atoms with E-state index in [4.69, 9.17) is 5.73 Å². The highest BCUT2D eigenvalue weighted by Gasteiger charge is 2.29. The van der Waals surface area contributed by atoms with Gasteiger partial charge in [-0.2, -0.15) is 11.8 Å². The summed E-state index contributed by atoms with van der Waals surface area (Å²) in [7, 11) is 0. The Morgan fingerprint density at radius 1 is 1.45 bits per heavy atom. The summed E-state index contributed by atoms with van der Waals surface area (Å²) < 4.78 is 0. The van der Waals surface area contributed by atoms with Crippen molar-refractivity contribution in [1.29, 1.82) is 0 Å². The van der Waals surface area contributed by atoms with Gasteiger partial charge in [-0.25, -0.2) is 0 Å². The molecule has 20 heavy (non-hydrogen) atoms. The molecule has 1 aromatic carbocycles. The van der Waals surface area contributed by atoms with E-state index in [-0.39, 0.29) is 17.7 Å². The predicted octanol–water partition coefficient (Wildman–Crippen LogP) is 1.66. The Morgan fingerprint density at radius 3 is 2.80 bits per heavy atom. The Kier molecular flexibility index (Phi) is 5.31. The van der Waals surface area contributed by atoms with Crippen molar-refractivity contribution < 1.29 is 9.90 Å². The van der Waals surface area contributed by atoms with Crippen molar-refractivity contribution in [3.8, 4) is 5.75 Å². The summed E-state index contributed by atoms with van der Waals surface area (Å²) in [5, 5.41) is 12.8. The van der Waals surface area contributed by atoms with Gasteiger partial charge in [0.25, 0.3) is 0 Å². The number of hydrogen-bond acceptors (Lipinski definition) is 4. The van der Waals surface area contributed by atoms with Gasteiger partial charge < -0.3 is 16.2 Å². The minimum atomic E-state index is -0.539. The molecule has 110 valence electrons. The Hall–Kier alpha value is -1.20. The van der Waals surface area contributed by atoms with Crippen LogP contribution in [0.2, 0.25) is 0 Å². The minimum absolute atomic E-state index is 0.0796. The quantitative estimate of drug-likeness (QED) is 0.772. The molecule has 1 saturated carbocycles. The molecule has 3 atom stereocenters. The van der Waals surface area contributed by atoms with Gasteiger partial charge in [0, 0.05) is 11.3 Å². The van der Waals surface area contributed by atoms with Gasteiger partial charge in [0.1, 0.15) is 5.75 Å². The van der Waals surface area contributed by atoms with Crippen molar-refractivity contribution in [3.63, 3.8) is 0 Å². The number of nitrogens with two attached hydrogens (primary N) is 1. The van der Waals surface area contributed by atoms with Gasteiger partial charge in [0.2, 0.25) is 5.91 Å². The monoisotopic (exact) mass is 294 g/mol. The number of amides is 1. The van der Waals surface area contributed by atoms with E-state index in [1.54, 1.807) is 24.3 Å². The number of phenols is 1. The Labute approximate surface area is 124 Å². The number of carbonyl (C=O) groups excluding carboxylic acids is 1. The fourth-order valence-corrected chi connectivity index (χ4v) is 3.58. The number of aromatic hydroxyl groups is 1. The number of carbonyl (C=O) groups is 1. The lowest BCUT2D eigenvalue weighted by atomic mass is 10.1. The smallest absolute Gasteiger partial charge is 0.237 e. The average Bonchev–Trinajstić information content (AvgIpc) is 2.88. The molecule has 4 N–H and O–H groups in total. The first-order valence-electron chi connectivity index (χ1n) is 6.97. The molecule has 1 amide bonds. The second kappa shape index (κ2) is 6.99. The summed E-state index contributed by atoms with van der Waals surface area (Å²) in [4.78, 5) is 12.1. The van der Waals surface area contributed by atoms with Gasteiger partial charge in [-0.1, -0.05) is 18.6 Å². The van der Waals surface area contributed by atoms with E-state index < -0.39 is 6.04 Å². The number of rotatable bonds is 5. The summed E-state index contributed by atoms with van der Waals surface area (Å²) in [5.41, 5.74) is 6.93. The average molecular weight is 294 g/mol. The molecule has 0 bridgehead atoms. The van der Waals surface area contributed by atoms with Crippen LogP contribution in [0.15, 0.2) is 24.3 Å². The van der Waals surface area contributed by atoms with Gasteiger partial charge in [-0.15, -0.1) is 0 Å². The van der Waals surface area contributed by atoms with E-state index in [2.05, 4.69) is 11.6 Å². The van der Waals surface area contributed by atoms with Crippen LogP contribution in [-0.2, 0) is 11.2 Å². The van der Waals surface area contributed by atoms with Crippen LogP contribution < -0.4 is 11.1 Å². The third kappa shape index (κ3) is 3.90. The van der Waals surface area contributed by atoms with Crippen LogP contribution in [0.3, 0.4) is 0 Å². The third-order valence-electron chi connectivity index (χ3n) is 3.81. The molecule has 0 spiro atoms. The van der Waals surface area contributed by atoms with Crippen LogP contribution in [-0.4, -0.2) is 34.6 Å². The molecule has 0 aliphatic heterocycles. The number of phenolic OH excluding ortho intramolecular Hbond substituents is 1. The van der Waals surface area contributed by atoms with Gasteiger partial charge in [-0.05, 0) is 43.2 Å². The molecule has 2 unspecified atom stereocenters. The normalized spacial score (nSPS) is 23.5. The molecular formula is C15H22N2O2S. The van der Waals surface area contributed by atoms with Crippen molar-refractivity contribution in [1.82, 2.24) is 5.32 Å². The fraction of sp³-hybridized carbons (Fsp3) is 0.533. The lowest BCUT2D eigenvalue weighted by Crippen LogP contribution is -2.48. The van der Waals surface area contributed by atoms with Gasteiger partial charge in [0.05, 0.1) is 6.04 Å². The standard InChI is InChI=1S/C15H22N2O2S/c1-20-14-4-2-3-13(14)17-15(19)12(16)9-10-5-7-11(18)8-6-10/h5-8,12-14,18H,2-4,9,16H2,1H3,(H,17,19)/t12-,13?,14?/m0/s1. The summed E-state index contributed by atoms with van der Waals surface area (Å²) in [6.07, 6.45) is 5.96. The van der Waals surface area contributed by atoms with Crippen LogP contribution in [0.5, 0.6) is 5.75 Å². The van der Waals surface area contributed by atoms with Crippen molar-refractivity contribution in [3.05, 3.63) is 29.8 Å². The zero-order chi connectivity index (χ0) is 14.5. The van der Waals surface area contributed by atoms with E-state index in [1.807, 2.05) is 11.8 Å². The third-order valence-corrected chi connectivity index (χ3v) is 4.98. The zero-order valence-corrected chi connectivity index (χ0v) is 12.5. The first-order valence-corrected chi connectivity index (χ1v) is 8.25. The maximum absolute atomic E-state index is 12.1. The van der Waals surface area contributed by atoms with Crippen molar-refractivity contribution in [2.75, 3.05) is 6.26 Å². The highest BCUT2D eigenvalue weighted by molar-refractivity contribution is 7.99. The fourth-order valence-electron chi connectivity index (χ4n) is 2.64. The number of benzene rings is 1. The summed E-state index contributed by atoms with van der Waals surface area (Å²) >= 11 is 1.82. The zero-order valence-electron chi connectivity index (χ0n) is 11.7. The van der Waals surface area contributed by atoms with Crippen LogP contribution in [0, 0.1) is 0 Å². The minimum Gasteiger partial charge on any atom is -0.508 e. The van der Waals surface area contributed by atoms with Crippen LogP contribution in [0.25, 0.3) is 0 Å². The van der Waals surface area contributed by atoms with E-state index in [1.165, 1.54) is 12.8 Å². The lowest BCUT2D eigenvalue weighted by Gasteiger charge is -2.21. The first kappa shape index (κ1) is 15.2. The summed E-state index contributed by atoms with van der Waals surface area (Å²) in [6, 6.07) is 6.53. The van der Waals surface area contributed by atoms with Crippen molar-refractivity contribution in [2.24, 2.45) is 5.73 Å². The van der Waals surface area contributed by atoms with Crippen LogP contribution in [0.1, 0.15) is 24.8 Å². The van der Waals surface area contributed by atoms with Crippen molar-refractivity contribution in [2.45, 2.75) is 43.0 Å². The second-order valence-electron chi connectivity index (χ2n) is 5.30. The molecule has 1 aliphatic rings. The molecular weight excluding hydrogens is 272 g/mol. The Bertz CT molecular complexity index is 450. The van der Waals surface area contributed by atoms with E-state index in [0.29, 0.717) is 11.7 Å². The Morgan fingerprint density at radius 2 is 2.15 bits per heavy atom. The molecule has 0 heterocycles. The number of thioether (sulfide) groups is 1. The second-order valence-corrected chi connectivity index (χ2v) is 6.37. The molecule has 0 radical (unpaired) electrons. The highest BCUT2D eigenvalue weighted by Crippen LogP contribution is 2.28. The van der Waals surface area contributed by atoms with Gasteiger partial charge >= 0.3 is 0 Å². The highest BCUT2D eigenvalue weighted by atomic mass is 32.2. The molecule has 1 aromatic rings. The Balaban J connectivity index is 1.87. The van der Waals surface area contributed by atoms with Gasteiger partial charge in [-0.3, -0.25) is 4.79 Å². The van der Waals surface area contributed by atoms with Crippen LogP contribution >= 0.6 is 11.8 Å². The van der Waals surface area contributed by atoms with E-state index in [0.717, 1.165) is 12.0 Å². The van der Waals surface area contributed by atoms with Gasteiger partial charge in [0.15, 0.2) is 0 Å². The molecule has 0 saturated heterocycles. The summed E-state index contributed by atoms with van der Waals surface area (Å²) in [6.45, 7) is 0. The molecule has 1 aliphatic carbocycles. The molecule has 4 nitrogen and oxygen atoms in total. The summed E-state index contributed by atoms with van der Waals surface area (Å²) in [5.74, 6) is 0.143.